The number of hydrogen-bond acceptors (Lipinski definition) is 5. The van der Waals surface area contributed by atoms with E-state index in [-0.39, 0.29) is 24.0 Å². The first-order valence-electron chi connectivity index (χ1n) is 9.11. The molecule has 7 nitrogen and oxygen atoms in total. The minimum absolute atomic E-state index is 0. The Balaban J connectivity index is 0.00000420. The van der Waals surface area contributed by atoms with E-state index in [1.807, 2.05) is 42.5 Å². The molecular formula is C21H30IN3O4. The summed E-state index contributed by atoms with van der Waals surface area (Å²) in [6.07, 6.45) is 0.836. The zero-order chi connectivity index (χ0) is 20.2. The lowest BCUT2D eigenvalue weighted by atomic mass is 10.2. The van der Waals surface area contributed by atoms with Crippen molar-refractivity contribution in [3.63, 3.8) is 0 Å². The summed E-state index contributed by atoms with van der Waals surface area (Å²) in [6.45, 7) is 2.38. The molecule has 0 aliphatic rings. The minimum atomic E-state index is 0. The molecule has 0 unspecified atom stereocenters. The summed E-state index contributed by atoms with van der Waals surface area (Å²) in [5, 5.41) is 3.09. The van der Waals surface area contributed by atoms with Crippen LogP contribution < -0.4 is 25.3 Å². The van der Waals surface area contributed by atoms with Gasteiger partial charge in [0.25, 0.3) is 0 Å². The SMILES string of the molecule is COc1ccc(COCCCNC(N)=NCc2ccc(OC)c(OC)c2)cc1.I. The van der Waals surface area contributed by atoms with Gasteiger partial charge in [-0.1, -0.05) is 18.2 Å². The lowest BCUT2D eigenvalue weighted by Crippen LogP contribution is -2.32. The van der Waals surface area contributed by atoms with Crippen LogP contribution >= 0.6 is 24.0 Å². The molecule has 0 bridgehead atoms. The number of methoxy groups -OCH3 is 3. The average Bonchev–Trinajstić information content (AvgIpc) is 2.74. The van der Waals surface area contributed by atoms with Gasteiger partial charge in [-0.15, -0.1) is 24.0 Å². The number of nitrogens with zero attached hydrogens (tertiary/aromatic N) is 1. The summed E-state index contributed by atoms with van der Waals surface area (Å²) in [5.74, 6) is 2.62. The number of benzene rings is 2. The number of nitrogens with two attached hydrogens (primary N) is 1. The lowest BCUT2D eigenvalue weighted by Gasteiger charge is -2.09. The second-order valence-corrected chi connectivity index (χ2v) is 6.07. The molecule has 0 heterocycles. The quantitative estimate of drug-likeness (QED) is 0.207. The fraction of sp³-hybridized carbons (Fsp3) is 0.381. The van der Waals surface area contributed by atoms with Crippen LogP contribution in [0.4, 0.5) is 0 Å². The summed E-state index contributed by atoms with van der Waals surface area (Å²) in [4.78, 5) is 4.34. The molecule has 0 amide bonds. The van der Waals surface area contributed by atoms with Crippen LogP contribution in [-0.4, -0.2) is 40.4 Å². The van der Waals surface area contributed by atoms with E-state index >= 15 is 0 Å². The average molecular weight is 515 g/mol. The Bertz CT molecular complexity index is 754. The fourth-order valence-electron chi connectivity index (χ4n) is 2.51. The number of halogens is 1. The summed E-state index contributed by atoms with van der Waals surface area (Å²) in [7, 11) is 4.87. The van der Waals surface area contributed by atoms with E-state index in [0.717, 1.165) is 23.3 Å². The van der Waals surface area contributed by atoms with Gasteiger partial charge in [-0.25, -0.2) is 4.99 Å². The first-order chi connectivity index (χ1) is 13.7. The molecule has 0 saturated carbocycles. The van der Waals surface area contributed by atoms with Crippen molar-refractivity contribution in [2.24, 2.45) is 10.7 Å². The van der Waals surface area contributed by atoms with Gasteiger partial charge in [0.2, 0.25) is 0 Å². The van der Waals surface area contributed by atoms with Gasteiger partial charge in [-0.05, 0) is 41.8 Å². The molecule has 160 valence electrons. The molecule has 29 heavy (non-hydrogen) atoms. The number of nitrogens with one attached hydrogen (secondary N) is 1. The third-order valence-electron chi connectivity index (χ3n) is 4.08. The predicted molar refractivity (Wildman–Crippen MR) is 126 cm³/mol. The van der Waals surface area contributed by atoms with E-state index in [1.54, 1.807) is 21.3 Å². The molecule has 0 saturated heterocycles. The van der Waals surface area contributed by atoms with Crippen LogP contribution in [0, 0.1) is 0 Å². The highest BCUT2D eigenvalue weighted by molar-refractivity contribution is 14.0. The van der Waals surface area contributed by atoms with Crippen molar-refractivity contribution < 1.29 is 18.9 Å². The molecule has 0 spiro atoms. The number of ether oxygens (including phenoxy) is 4. The standard InChI is InChI=1S/C21H29N3O4.HI/c1-25-18-8-5-16(6-9-18)15-28-12-4-11-23-21(22)24-14-17-7-10-19(26-2)20(13-17)27-3;/h5-10,13H,4,11-12,14-15H2,1-3H3,(H3,22,23,24);1H. The van der Waals surface area contributed by atoms with Crippen molar-refractivity contribution in [2.75, 3.05) is 34.5 Å². The maximum absolute atomic E-state index is 5.91. The highest BCUT2D eigenvalue weighted by atomic mass is 127. The molecule has 0 aliphatic carbocycles. The number of rotatable bonds is 11. The van der Waals surface area contributed by atoms with Gasteiger partial charge in [0.15, 0.2) is 17.5 Å². The van der Waals surface area contributed by atoms with Crippen LogP contribution in [0.5, 0.6) is 17.2 Å². The van der Waals surface area contributed by atoms with Crippen molar-refractivity contribution in [3.05, 3.63) is 53.6 Å². The van der Waals surface area contributed by atoms with Gasteiger partial charge >= 0.3 is 0 Å². The summed E-state index contributed by atoms with van der Waals surface area (Å²) < 4.78 is 21.3. The second kappa shape index (κ2) is 13.9. The van der Waals surface area contributed by atoms with Crippen LogP contribution in [0.3, 0.4) is 0 Å². The molecule has 0 fully saturated rings. The van der Waals surface area contributed by atoms with E-state index < -0.39 is 0 Å². The smallest absolute Gasteiger partial charge is 0.188 e. The van der Waals surface area contributed by atoms with E-state index in [0.29, 0.717) is 43.8 Å². The van der Waals surface area contributed by atoms with E-state index in [4.69, 9.17) is 24.7 Å². The Labute approximate surface area is 189 Å². The predicted octanol–water partition coefficient (Wildman–Crippen LogP) is 3.34. The molecule has 0 radical (unpaired) electrons. The van der Waals surface area contributed by atoms with Crippen LogP contribution in [0.25, 0.3) is 0 Å². The maximum atomic E-state index is 5.91. The van der Waals surface area contributed by atoms with E-state index in [1.165, 1.54) is 0 Å². The topological polar surface area (TPSA) is 87.3 Å². The van der Waals surface area contributed by atoms with Crippen LogP contribution in [-0.2, 0) is 17.9 Å². The van der Waals surface area contributed by atoms with Crippen molar-refractivity contribution >= 4 is 29.9 Å². The van der Waals surface area contributed by atoms with Crippen LogP contribution in [0.1, 0.15) is 17.5 Å². The van der Waals surface area contributed by atoms with Crippen molar-refractivity contribution in [3.8, 4) is 17.2 Å². The Morgan fingerprint density at radius 2 is 1.62 bits per heavy atom. The molecule has 0 atom stereocenters. The molecule has 2 aromatic rings. The zero-order valence-corrected chi connectivity index (χ0v) is 19.5. The van der Waals surface area contributed by atoms with Gasteiger partial charge in [0.05, 0.1) is 34.5 Å². The normalized spacial score (nSPS) is 10.8. The van der Waals surface area contributed by atoms with Gasteiger partial charge in [-0.2, -0.15) is 0 Å². The van der Waals surface area contributed by atoms with Crippen molar-refractivity contribution in [1.82, 2.24) is 5.32 Å². The van der Waals surface area contributed by atoms with Gasteiger partial charge in [-0.3, -0.25) is 0 Å². The largest absolute Gasteiger partial charge is 0.497 e. The highest BCUT2D eigenvalue weighted by Gasteiger charge is 2.04. The molecule has 0 aliphatic heterocycles. The maximum Gasteiger partial charge on any atom is 0.188 e. The van der Waals surface area contributed by atoms with Crippen molar-refractivity contribution in [1.29, 1.82) is 0 Å². The molecule has 2 rings (SSSR count). The monoisotopic (exact) mass is 515 g/mol. The number of aliphatic imine (C=N–C) groups is 1. The van der Waals surface area contributed by atoms with Crippen molar-refractivity contribution in [2.45, 2.75) is 19.6 Å². The lowest BCUT2D eigenvalue weighted by molar-refractivity contribution is 0.119. The van der Waals surface area contributed by atoms with Gasteiger partial charge < -0.3 is 30.0 Å². The minimum Gasteiger partial charge on any atom is -0.497 e. The third-order valence-corrected chi connectivity index (χ3v) is 4.08. The van der Waals surface area contributed by atoms with E-state index in [2.05, 4.69) is 10.3 Å². The van der Waals surface area contributed by atoms with Gasteiger partial charge in [0.1, 0.15) is 5.75 Å². The Hall–Kier alpha value is -2.20. The van der Waals surface area contributed by atoms with E-state index in [9.17, 15) is 0 Å². The first-order valence-corrected chi connectivity index (χ1v) is 9.11. The summed E-state index contributed by atoms with van der Waals surface area (Å²) in [6, 6.07) is 13.5. The highest BCUT2D eigenvalue weighted by Crippen LogP contribution is 2.27. The zero-order valence-electron chi connectivity index (χ0n) is 17.1. The third kappa shape index (κ3) is 8.78. The molecule has 3 N–H and O–H groups in total. The van der Waals surface area contributed by atoms with Crippen LogP contribution in [0.2, 0.25) is 0 Å². The second-order valence-electron chi connectivity index (χ2n) is 6.07. The fourth-order valence-corrected chi connectivity index (χ4v) is 2.51. The molecule has 8 heteroatoms. The molecule has 2 aromatic carbocycles. The Morgan fingerprint density at radius 3 is 2.28 bits per heavy atom. The summed E-state index contributed by atoms with van der Waals surface area (Å²) >= 11 is 0. The Kier molecular flexibility index (Phi) is 11.9. The number of guanidine groups is 1. The number of hydrogen-bond donors (Lipinski definition) is 2. The molecule has 0 aromatic heterocycles. The van der Waals surface area contributed by atoms with Gasteiger partial charge in [0, 0.05) is 13.2 Å². The van der Waals surface area contributed by atoms with Crippen LogP contribution in [0.15, 0.2) is 47.5 Å². The first kappa shape index (κ1) is 24.8. The summed E-state index contributed by atoms with van der Waals surface area (Å²) in [5.41, 5.74) is 8.02. The Morgan fingerprint density at radius 1 is 0.931 bits per heavy atom. The molecular weight excluding hydrogens is 485 g/mol.